The van der Waals surface area contributed by atoms with E-state index in [1.165, 1.54) is 22.6 Å². The lowest BCUT2D eigenvalue weighted by Gasteiger charge is -2.13. The van der Waals surface area contributed by atoms with Gasteiger partial charge in [0, 0.05) is 0 Å². The summed E-state index contributed by atoms with van der Waals surface area (Å²) in [6.45, 7) is 0. The topological polar surface area (TPSA) is 31.4 Å². The number of methoxy groups -OCH3 is 1. The molecule has 0 amide bonds. The van der Waals surface area contributed by atoms with Crippen molar-refractivity contribution in [1.82, 2.24) is 4.98 Å². The molecular weight excluding hydrogens is 364 g/mol. The number of alkyl halides is 5. The van der Waals surface area contributed by atoms with Crippen molar-refractivity contribution in [3.8, 4) is 11.6 Å². The number of hydrogen-bond acceptors (Lipinski definition) is 3. The summed E-state index contributed by atoms with van der Waals surface area (Å²) >= 11 is 1.47. The first kappa shape index (κ1) is 14.2. The molecule has 1 aromatic rings. The molecule has 0 saturated carbocycles. The van der Waals surface area contributed by atoms with Gasteiger partial charge in [-0.3, -0.25) is 0 Å². The Morgan fingerprint density at radius 2 is 1.94 bits per heavy atom. The Morgan fingerprint density at radius 3 is 2.35 bits per heavy atom. The second-order valence-corrected chi connectivity index (χ2v) is 3.75. The van der Waals surface area contributed by atoms with E-state index in [4.69, 9.17) is 0 Å². The van der Waals surface area contributed by atoms with Gasteiger partial charge in [-0.15, -0.1) is 13.2 Å². The molecule has 0 atom stereocenters. The highest BCUT2D eigenvalue weighted by molar-refractivity contribution is 14.1. The highest BCUT2D eigenvalue weighted by atomic mass is 127. The molecule has 1 heterocycles. The van der Waals surface area contributed by atoms with Crippen molar-refractivity contribution in [1.29, 1.82) is 0 Å². The number of nitrogens with zero attached hydrogens (tertiary/aromatic N) is 1. The minimum Gasteiger partial charge on any atom is -0.478 e. The third-order valence-corrected chi connectivity index (χ3v) is 2.45. The van der Waals surface area contributed by atoms with Crippen molar-refractivity contribution in [3.05, 3.63) is 15.3 Å². The van der Waals surface area contributed by atoms with Crippen LogP contribution in [0.1, 0.15) is 12.0 Å². The van der Waals surface area contributed by atoms with Gasteiger partial charge in [0.1, 0.15) is 3.70 Å². The molecule has 3 nitrogen and oxygen atoms in total. The molecule has 96 valence electrons. The van der Waals surface area contributed by atoms with E-state index >= 15 is 0 Å². The van der Waals surface area contributed by atoms with Crippen LogP contribution in [0, 0.1) is 3.70 Å². The Hall–Kier alpha value is -0.870. The van der Waals surface area contributed by atoms with Crippen molar-refractivity contribution in [2.45, 2.75) is 12.8 Å². The third kappa shape index (κ3) is 3.82. The molecule has 0 spiro atoms. The zero-order valence-corrected chi connectivity index (χ0v) is 10.3. The fourth-order valence-electron chi connectivity index (χ4n) is 0.968. The highest BCUT2D eigenvalue weighted by Gasteiger charge is 2.33. The van der Waals surface area contributed by atoms with Crippen LogP contribution in [0.4, 0.5) is 22.0 Å². The Labute approximate surface area is 106 Å². The average molecular weight is 369 g/mol. The Balaban J connectivity index is 3.22. The van der Waals surface area contributed by atoms with Crippen LogP contribution in [0.5, 0.6) is 11.6 Å². The number of rotatable bonds is 3. The van der Waals surface area contributed by atoms with Crippen LogP contribution in [0.25, 0.3) is 0 Å². The lowest BCUT2D eigenvalue weighted by molar-refractivity contribution is -0.275. The standard InChI is InChI=1S/C8H5F5INO2/c1-16-7-4(17-8(11,12)13)2-3(5(9)10)6(14)15-7/h2,5H,1H3. The molecule has 0 fully saturated rings. The fraction of sp³-hybridized carbons (Fsp3) is 0.375. The summed E-state index contributed by atoms with van der Waals surface area (Å²) in [7, 11) is 1.06. The van der Waals surface area contributed by atoms with Crippen molar-refractivity contribution in [2.24, 2.45) is 0 Å². The molecular formula is C8H5F5INO2. The highest BCUT2D eigenvalue weighted by Crippen LogP contribution is 2.35. The van der Waals surface area contributed by atoms with E-state index in [9.17, 15) is 22.0 Å². The van der Waals surface area contributed by atoms with Crippen LogP contribution in [0.15, 0.2) is 6.07 Å². The zero-order chi connectivity index (χ0) is 13.2. The first-order valence-corrected chi connectivity index (χ1v) is 5.10. The average Bonchev–Trinajstić information content (AvgIpc) is 2.17. The largest absolute Gasteiger partial charge is 0.573 e. The normalized spacial score (nSPS) is 11.8. The Bertz CT molecular complexity index is 410. The molecule has 0 aliphatic heterocycles. The molecule has 9 heteroatoms. The van der Waals surface area contributed by atoms with E-state index in [0.29, 0.717) is 6.07 Å². The van der Waals surface area contributed by atoms with Crippen molar-refractivity contribution in [2.75, 3.05) is 7.11 Å². The number of hydrogen-bond donors (Lipinski definition) is 0. The second-order valence-electron chi connectivity index (χ2n) is 2.72. The lowest BCUT2D eigenvalue weighted by atomic mass is 10.3. The Kier molecular flexibility index (Phi) is 4.33. The van der Waals surface area contributed by atoms with Gasteiger partial charge in [-0.05, 0) is 28.7 Å². The van der Waals surface area contributed by atoms with Crippen LogP contribution in [0.3, 0.4) is 0 Å². The summed E-state index contributed by atoms with van der Waals surface area (Å²) in [6, 6.07) is 0.561. The van der Waals surface area contributed by atoms with Gasteiger partial charge in [0.2, 0.25) is 0 Å². The summed E-state index contributed by atoms with van der Waals surface area (Å²) in [6.07, 6.45) is -7.95. The van der Waals surface area contributed by atoms with Gasteiger partial charge in [-0.25, -0.2) is 13.8 Å². The maximum Gasteiger partial charge on any atom is 0.573 e. The predicted octanol–water partition coefficient (Wildman–Crippen LogP) is 3.53. The molecule has 1 aromatic heterocycles. The predicted molar refractivity (Wildman–Crippen MR) is 55.1 cm³/mol. The SMILES string of the molecule is COc1nc(I)c(C(F)F)cc1OC(F)(F)F. The van der Waals surface area contributed by atoms with Gasteiger partial charge in [0.25, 0.3) is 12.3 Å². The van der Waals surface area contributed by atoms with Gasteiger partial charge >= 0.3 is 6.36 Å². The molecule has 0 radical (unpaired) electrons. The lowest BCUT2D eigenvalue weighted by Crippen LogP contribution is -2.18. The van der Waals surface area contributed by atoms with E-state index in [-0.39, 0.29) is 3.70 Å². The van der Waals surface area contributed by atoms with Crippen LogP contribution >= 0.6 is 22.6 Å². The molecule has 17 heavy (non-hydrogen) atoms. The molecule has 0 unspecified atom stereocenters. The smallest absolute Gasteiger partial charge is 0.478 e. The second kappa shape index (κ2) is 5.19. The van der Waals surface area contributed by atoms with Crippen LogP contribution in [0.2, 0.25) is 0 Å². The van der Waals surface area contributed by atoms with Crippen LogP contribution in [-0.4, -0.2) is 18.5 Å². The number of aromatic nitrogens is 1. The first-order chi connectivity index (χ1) is 7.74. The molecule has 0 aromatic carbocycles. The van der Waals surface area contributed by atoms with E-state index < -0.39 is 30.0 Å². The van der Waals surface area contributed by atoms with Crippen LogP contribution in [-0.2, 0) is 0 Å². The molecule has 0 aliphatic rings. The molecule has 0 N–H and O–H groups in total. The zero-order valence-electron chi connectivity index (χ0n) is 8.19. The molecule has 0 aliphatic carbocycles. The maximum atomic E-state index is 12.5. The summed E-state index contributed by atoms with van der Waals surface area (Å²) in [5, 5.41) is 0. The van der Waals surface area contributed by atoms with Crippen molar-refractivity contribution < 1.29 is 31.4 Å². The summed E-state index contributed by atoms with van der Waals surface area (Å²) in [5.41, 5.74) is -0.648. The fourth-order valence-corrected chi connectivity index (χ4v) is 1.58. The minimum absolute atomic E-state index is 0.149. The summed E-state index contributed by atoms with van der Waals surface area (Å²) < 4.78 is 68.8. The van der Waals surface area contributed by atoms with Gasteiger partial charge in [-0.1, -0.05) is 0 Å². The number of halogens is 6. The minimum atomic E-state index is -5.00. The van der Waals surface area contributed by atoms with Gasteiger partial charge in [0.15, 0.2) is 5.75 Å². The van der Waals surface area contributed by atoms with Gasteiger partial charge < -0.3 is 9.47 Å². The van der Waals surface area contributed by atoms with E-state index in [0.717, 1.165) is 7.11 Å². The summed E-state index contributed by atoms with van der Waals surface area (Å²) in [5.74, 6) is -1.40. The molecule has 0 bridgehead atoms. The van der Waals surface area contributed by atoms with Gasteiger partial charge in [0.05, 0.1) is 12.7 Å². The van der Waals surface area contributed by atoms with E-state index in [1.54, 1.807) is 0 Å². The third-order valence-electron chi connectivity index (χ3n) is 1.59. The maximum absolute atomic E-state index is 12.5. The monoisotopic (exact) mass is 369 g/mol. The molecule has 0 saturated heterocycles. The first-order valence-electron chi connectivity index (χ1n) is 4.03. The van der Waals surface area contributed by atoms with Gasteiger partial charge in [-0.2, -0.15) is 0 Å². The number of ether oxygens (including phenoxy) is 2. The molecule has 1 rings (SSSR count). The van der Waals surface area contributed by atoms with Crippen molar-refractivity contribution >= 4 is 22.6 Å². The number of pyridine rings is 1. The van der Waals surface area contributed by atoms with Crippen molar-refractivity contribution in [3.63, 3.8) is 0 Å². The Morgan fingerprint density at radius 1 is 1.35 bits per heavy atom. The van der Waals surface area contributed by atoms with Crippen LogP contribution < -0.4 is 9.47 Å². The quantitative estimate of drug-likeness (QED) is 0.464. The summed E-state index contributed by atoms with van der Waals surface area (Å²) in [4.78, 5) is 3.46. The van der Waals surface area contributed by atoms with E-state index in [1.807, 2.05) is 0 Å². The van der Waals surface area contributed by atoms with E-state index in [2.05, 4.69) is 14.5 Å².